The Bertz CT molecular complexity index is 1360. The Morgan fingerprint density at radius 1 is 1.10 bits per heavy atom. The van der Waals surface area contributed by atoms with Crippen molar-refractivity contribution in [3.8, 4) is 34.4 Å². The third kappa shape index (κ3) is 2.97. The summed E-state index contributed by atoms with van der Waals surface area (Å²) in [5.74, 6) is 0.619. The molecule has 2 heterocycles. The van der Waals surface area contributed by atoms with Crippen molar-refractivity contribution in [2.75, 3.05) is 14.2 Å². The lowest BCUT2D eigenvalue weighted by Gasteiger charge is -2.12. The minimum Gasteiger partial charge on any atom is -0.493 e. The largest absolute Gasteiger partial charge is 0.493 e. The number of aromatic amines is 1. The summed E-state index contributed by atoms with van der Waals surface area (Å²) < 4.78 is 25.5. The molecule has 0 aliphatic carbocycles. The second kappa shape index (κ2) is 7.37. The van der Waals surface area contributed by atoms with Gasteiger partial charge in [-0.15, -0.1) is 0 Å². The van der Waals surface area contributed by atoms with Gasteiger partial charge in [-0.3, -0.25) is 4.79 Å². The van der Waals surface area contributed by atoms with Crippen LogP contribution in [0.25, 0.3) is 27.8 Å². The fourth-order valence-electron chi connectivity index (χ4n) is 3.51. The van der Waals surface area contributed by atoms with Crippen LogP contribution in [-0.2, 0) is 0 Å². The summed E-state index contributed by atoms with van der Waals surface area (Å²) in [6.45, 7) is 1.78. The van der Waals surface area contributed by atoms with Crippen molar-refractivity contribution in [3.05, 3.63) is 69.9 Å². The Labute approximate surface area is 170 Å². The van der Waals surface area contributed by atoms with Gasteiger partial charge in [0.05, 0.1) is 25.6 Å². The minimum absolute atomic E-state index is 0.0310. The molecule has 4 aromatic rings. The standard InChI is InChI=1S/C22H17FN4O3/c1-12-19-20(13-4-9-17(29-2)18(10-13)30-3)16(11-24)22(28)25-21(19)27(26-12)15-7-5-14(23)6-8-15/h4-10H,1-3H3,(H,25,28). The maximum Gasteiger partial charge on any atom is 0.268 e. The number of aromatic nitrogens is 3. The number of nitrogens with one attached hydrogen (secondary N) is 1. The van der Waals surface area contributed by atoms with Crippen LogP contribution in [0.1, 0.15) is 11.3 Å². The summed E-state index contributed by atoms with van der Waals surface area (Å²) in [5, 5.41) is 14.8. The van der Waals surface area contributed by atoms with E-state index >= 15 is 0 Å². The fourth-order valence-corrected chi connectivity index (χ4v) is 3.51. The normalized spacial score (nSPS) is 10.8. The van der Waals surface area contributed by atoms with Crippen LogP contribution in [0.15, 0.2) is 47.3 Å². The maximum atomic E-state index is 13.4. The lowest BCUT2D eigenvalue weighted by Crippen LogP contribution is -2.13. The van der Waals surface area contributed by atoms with E-state index in [1.165, 1.54) is 31.0 Å². The molecule has 8 heteroatoms. The maximum absolute atomic E-state index is 13.4. The number of pyridine rings is 1. The molecule has 30 heavy (non-hydrogen) atoms. The predicted octanol–water partition coefficient (Wildman–Crippen LogP) is 3.72. The third-order valence-electron chi connectivity index (χ3n) is 4.87. The lowest BCUT2D eigenvalue weighted by atomic mass is 9.97. The van der Waals surface area contributed by atoms with Crippen molar-refractivity contribution in [2.24, 2.45) is 0 Å². The molecular weight excluding hydrogens is 387 g/mol. The van der Waals surface area contributed by atoms with E-state index in [1.807, 2.05) is 6.07 Å². The van der Waals surface area contributed by atoms with E-state index in [0.717, 1.165) is 0 Å². The number of rotatable bonds is 4. The summed E-state index contributed by atoms with van der Waals surface area (Å²) in [5.41, 5.74) is 2.08. The first kappa shape index (κ1) is 19.2. The number of halogens is 1. The van der Waals surface area contributed by atoms with Gasteiger partial charge < -0.3 is 14.5 Å². The summed E-state index contributed by atoms with van der Waals surface area (Å²) >= 11 is 0. The van der Waals surface area contributed by atoms with Crippen molar-refractivity contribution < 1.29 is 13.9 Å². The molecule has 2 aromatic heterocycles. The van der Waals surface area contributed by atoms with Gasteiger partial charge in [0.15, 0.2) is 11.5 Å². The van der Waals surface area contributed by atoms with Crippen LogP contribution in [0.4, 0.5) is 4.39 Å². The number of nitriles is 1. The average molecular weight is 404 g/mol. The zero-order valence-corrected chi connectivity index (χ0v) is 16.5. The molecule has 0 radical (unpaired) electrons. The zero-order valence-electron chi connectivity index (χ0n) is 16.5. The molecule has 0 saturated heterocycles. The van der Waals surface area contributed by atoms with Crippen LogP contribution in [0.2, 0.25) is 0 Å². The predicted molar refractivity (Wildman–Crippen MR) is 110 cm³/mol. The van der Waals surface area contributed by atoms with Crippen LogP contribution in [-0.4, -0.2) is 29.0 Å². The second-order valence-corrected chi connectivity index (χ2v) is 6.58. The van der Waals surface area contributed by atoms with E-state index in [-0.39, 0.29) is 11.4 Å². The fraction of sp³-hybridized carbons (Fsp3) is 0.136. The second-order valence-electron chi connectivity index (χ2n) is 6.58. The first-order valence-electron chi connectivity index (χ1n) is 9.02. The van der Waals surface area contributed by atoms with Crippen molar-refractivity contribution in [2.45, 2.75) is 6.92 Å². The molecule has 0 spiro atoms. The summed E-state index contributed by atoms with van der Waals surface area (Å²) in [7, 11) is 3.04. The number of hydrogen-bond acceptors (Lipinski definition) is 5. The molecule has 0 unspecified atom stereocenters. The Hall–Kier alpha value is -4.12. The first-order valence-corrected chi connectivity index (χ1v) is 9.02. The van der Waals surface area contributed by atoms with Gasteiger partial charge in [-0.05, 0) is 48.9 Å². The number of H-pyrrole nitrogens is 1. The number of hydrogen-bond donors (Lipinski definition) is 1. The van der Waals surface area contributed by atoms with Crippen molar-refractivity contribution in [1.29, 1.82) is 5.26 Å². The molecule has 150 valence electrons. The van der Waals surface area contributed by atoms with Crippen LogP contribution in [0, 0.1) is 24.1 Å². The van der Waals surface area contributed by atoms with Gasteiger partial charge >= 0.3 is 0 Å². The Kier molecular flexibility index (Phi) is 4.72. The number of methoxy groups -OCH3 is 2. The summed E-state index contributed by atoms with van der Waals surface area (Å²) in [6, 6.07) is 12.9. The van der Waals surface area contributed by atoms with Crippen LogP contribution in [0.5, 0.6) is 11.5 Å². The number of ether oxygens (including phenoxy) is 2. The molecule has 1 N–H and O–H groups in total. The van der Waals surface area contributed by atoms with E-state index in [2.05, 4.69) is 10.1 Å². The molecule has 0 saturated carbocycles. The van der Waals surface area contributed by atoms with Gasteiger partial charge in [0.25, 0.3) is 5.56 Å². The van der Waals surface area contributed by atoms with E-state index in [4.69, 9.17) is 9.47 Å². The molecule has 0 aliphatic heterocycles. The van der Waals surface area contributed by atoms with Crippen molar-refractivity contribution >= 4 is 11.0 Å². The van der Waals surface area contributed by atoms with Gasteiger partial charge in [0, 0.05) is 10.9 Å². The molecule has 7 nitrogen and oxygen atoms in total. The Morgan fingerprint density at radius 2 is 1.80 bits per heavy atom. The Morgan fingerprint density at radius 3 is 2.43 bits per heavy atom. The number of aryl methyl sites for hydroxylation is 1. The van der Waals surface area contributed by atoms with E-state index in [9.17, 15) is 14.4 Å². The Balaban J connectivity index is 2.08. The highest BCUT2D eigenvalue weighted by molar-refractivity contribution is 5.98. The summed E-state index contributed by atoms with van der Waals surface area (Å²) in [6.07, 6.45) is 0. The molecule has 0 atom stereocenters. The van der Waals surface area contributed by atoms with Crippen molar-refractivity contribution in [3.63, 3.8) is 0 Å². The lowest BCUT2D eigenvalue weighted by molar-refractivity contribution is 0.355. The van der Waals surface area contributed by atoms with E-state index in [1.54, 1.807) is 37.3 Å². The highest BCUT2D eigenvalue weighted by Crippen LogP contribution is 2.37. The molecule has 2 aromatic carbocycles. The van der Waals surface area contributed by atoms with Gasteiger partial charge in [-0.25, -0.2) is 9.07 Å². The van der Waals surface area contributed by atoms with Crippen LogP contribution >= 0.6 is 0 Å². The van der Waals surface area contributed by atoms with Crippen LogP contribution in [0.3, 0.4) is 0 Å². The third-order valence-corrected chi connectivity index (χ3v) is 4.87. The quantitative estimate of drug-likeness (QED) is 0.560. The minimum atomic E-state index is -0.543. The number of benzene rings is 2. The summed E-state index contributed by atoms with van der Waals surface area (Å²) in [4.78, 5) is 15.5. The molecule has 0 bridgehead atoms. The first-order chi connectivity index (χ1) is 14.5. The molecular formula is C22H17FN4O3. The van der Waals surface area contributed by atoms with E-state index in [0.29, 0.717) is 45.0 Å². The number of nitrogens with zero attached hydrogens (tertiary/aromatic N) is 3. The topological polar surface area (TPSA) is 92.9 Å². The van der Waals surface area contributed by atoms with Gasteiger partial charge in [-0.2, -0.15) is 10.4 Å². The van der Waals surface area contributed by atoms with Gasteiger partial charge in [0.2, 0.25) is 0 Å². The smallest absolute Gasteiger partial charge is 0.268 e. The van der Waals surface area contributed by atoms with Gasteiger partial charge in [0.1, 0.15) is 23.1 Å². The van der Waals surface area contributed by atoms with E-state index < -0.39 is 5.56 Å². The zero-order chi connectivity index (χ0) is 21.4. The highest BCUT2D eigenvalue weighted by atomic mass is 19.1. The molecule has 4 rings (SSSR count). The molecule has 0 amide bonds. The van der Waals surface area contributed by atoms with Crippen LogP contribution < -0.4 is 15.0 Å². The average Bonchev–Trinajstić information content (AvgIpc) is 3.08. The highest BCUT2D eigenvalue weighted by Gasteiger charge is 2.22. The van der Waals surface area contributed by atoms with Crippen molar-refractivity contribution in [1.82, 2.24) is 14.8 Å². The monoisotopic (exact) mass is 404 g/mol. The van der Waals surface area contributed by atoms with Gasteiger partial charge in [-0.1, -0.05) is 6.07 Å². The molecule has 0 fully saturated rings. The SMILES string of the molecule is COc1ccc(-c2c(C#N)c(=O)[nH]c3c2c(C)nn3-c2ccc(F)cc2)cc1OC. The number of fused-ring (bicyclic) bond motifs is 1. The molecule has 0 aliphatic rings.